The number of ether oxygens (including phenoxy) is 1. The average Bonchev–Trinajstić information content (AvgIpc) is 3.48. The zero-order valence-electron chi connectivity index (χ0n) is 23.0. The first kappa shape index (κ1) is 29.2. The van der Waals surface area contributed by atoms with E-state index in [4.69, 9.17) is 9.84 Å². The first-order chi connectivity index (χ1) is 18.3. The molecule has 0 aliphatic carbocycles. The zero-order valence-corrected chi connectivity index (χ0v) is 23.0. The number of anilines is 2. The molecule has 3 aromatic heterocycles. The van der Waals surface area contributed by atoms with Gasteiger partial charge in [-0.2, -0.15) is 0 Å². The minimum Gasteiger partial charge on any atom is -0.444 e. The summed E-state index contributed by atoms with van der Waals surface area (Å²) in [6, 6.07) is 3.17. The number of hydrogen-bond donors (Lipinski definition) is 4. The van der Waals surface area contributed by atoms with Crippen molar-refractivity contribution in [2.75, 3.05) is 23.8 Å². The van der Waals surface area contributed by atoms with Crippen LogP contribution in [0, 0.1) is 0 Å². The van der Waals surface area contributed by atoms with Crippen LogP contribution >= 0.6 is 0 Å². The standard InChI is InChI=1S/C26H35N7O6/c1-26(2,3)39-25(38)30-21-15-33(6)22(29-21)20(35)11-16-10-18(31(4)13-16)24(37)28-17-12-19(32(5)14-17)23(36)27-8-7-9-34/h10,12-15,34H,7-9,11H2,1-6H3,(H,27,36)(H,28,37)(H,30,38). The van der Waals surface area contributed by atoms with E-state index in [0.29, 0.717) is 35.6 Å². The largest absolute Gasteiger partial charge is 0.444 e. The fourth-order valence-electron chi connectivity index (χ4n) is 3.84. The summed E-state index contributed by atoms with van der Waals surface area (Å²) in [6.07, 6.45) is 4.58. The summed E-state index contributed by atoms with van der Waals surface area (Å²) >= 11 is 0. The number of hydrogen-bond acceptors (Lipinski definition) is 7. The number of amides is 3. The highest BCUT2D eigenvalue weighted by Crippen LogP contribution is 2.18. The minimum absolute atomic E-state index is 0.0126. The van der Waals surface area contributed by atoms with Gasteiger partial charge in [-0.1, -0.05) is 0 Å². The van der Waals surface area contributed by atoms with Gasteiger partial charge in [0.2, 0.25) is 5.78 Å². The van der Waals surface area contributed by atoms with Gasteiger partial charge in [-0.25, -0.2) is 9.78 Å². The van der Waals surface area contributed by atoms with Gasteiger partial charge in [0, 0.05) is 59.3 Å². The van der Waals surface area contributed by atoms with Crippen LogP contribution in [0.5, 0.6) is 0 Å². The number of aliphatic hydroxyl groups is 1. The molecule has 39 heavy (non-hydrogen) atoms. The Morgan fingerprint density at radius 3 is 2.26 bits per heavy atom. The lowest BCUT2D eigenvalue weighted by Gasteiger charge is -2.18. The van der Waals surface area contributed by atoms with Crippen molar-refractivity contribution in [2.45, 2.75) is 39.2 Å². The molecule has 0 radical (unpaired) electrons. The van der Waals surface area contributed by atoms with Gasteiger partial charge in [-0.3, -0.25) is 19.7 Å². The SMILES string of the molecule is Cn1cc(NC(=O)c2cc(CC(=O)c3nc(NC(=O)OC(C)(C)C)cn3C)cn2C)cc1C(=O)NCCCO. The quantitative estimate of drug-likeness (QED) is 0.226. The van der Waals surface area contributed by atoms with E-state index in [1.165, 1.54) is 10.8 Å². The Kier molecular flexibility index (Phi) is 8.96. The molecule has 0 saturated carbocycles. The Morgan fingerprint density at radius 1 is 0.923 bits per heavy atom. The number of carbonyl (C=O) groups is 4. The van der Waals surface area contributed by atoms with Crippen LogP contribution in [0.1, 0.15) is 64.4 Å². The number of nitrogens with zero attached hydrogens (tertiary/aromatic N) is 4. The Balaban J connectivity index is 1.65. The third-order valence-electron chi connectivity index (χ3n) is 5.53. The van der Waals surface area contributed by atoms with Gasteiger partial charge in [0.1, 0.15) is 17.0 Å². The molecule has 3 heterocycles. The predicted molar refractivity (Wildman–Crippen MR) is 144 cm³/mol. The molecule has 3 amide bonds. The lowest BCUT2D eigenvalue weighted by molar-refractivity contribution is 0.0634. The molecule has 210 valence electrons. The van der Waals surface area contributed by atoms with Crippen LogP contribution in [-0.2, 0) is 32.3 Å². The molecule has 0 unspecified atom stereocenters. The van der Waals surface area contributed by atoms with Crippen molar-refractivity contribution in [2.24, 2.45) is 21.1 Å². The number of aryl methyl sites for hydroxylation is 3. The van der Waals surface area contributed by atoms with Crippen molar-refractivity contribution >= 4 is 35.2 Å². The summed E-state index contributed by atoms with van der Waals surface area (Å²) < 4.78 is 9.93. The number of aromatic nitrogens is 4. The Bertz CT molecular complexity index is 1380. The highest BCUT2D eigenvalue weighted by Gasteiger charge is 2.21. The average molecular weight is 542 g/mol. The highest BCUT2D eigenvalue weighted by molar-refractivity contribution is 6.04. The molecule has 0 aliphatic heterocycles. The van der Waals surface area contributed by atoms with Gasteiger partial charge < -0.3 is 34.2 Å². The molecular weight excluding hydrogens is 506 g/mol. The van der Waals surface area contributed by atoms with Gasteiger partial charge in [-0.05, 0) is 44.9 Å². The maximum atomic E-state index is 13.0. The molecule has 3 aromatic rings. The van der Waals surface area contributed by atoms with E-state index in [1.54, 1.807) is 75.6 Å². The molecule has 13 heteroatoms. The first-order valence-electron chi connectivity index (χ1n) is 12.4. The maximum Gasteiger partial charge on any atom is 0.413 e. The van der Waals surface area contributed by atoms with Gasteiger partial charge in [0.25, 0.3) is 11.8 Å². The molecule has 0 saturated heterocycles. The highest BCUT2D eigenvalue weighted by atomic mass is 16.6. The number of rotatable bonds is 10. The molecule has 4 N–H and O–H groups in total. The van der Waals surface area contributed by atoms with Crippen molar-refractivity contribution in [1.29, 1.82) is 0 Å². The molecule has 0 aliphatic rings. The van der Waals surface area contributed by atoms with Gasteiger partial charge in [0.05, 0.1) is 5.69 Å². The minimum atomic E-state index is -0.675. The Hall–Kier alpha value is -4.39. The number of nitrogens with one attached hydrogen (secondary N) is 3. The topological polar surface area (TPSA) is 162 Å². The summed E-state index contributed by atoms with van der Waals surface area (Å²) in [5.41, 5.74) is 1.05. The van der Waals surface area contributed by atoms with Crippen LogP contribution in [0.15, 0.2) is 30.7 Å². The second-order valence-corrected chi connectivity index (χ2v) is 10.1. The Labute approximate surface area is 226 Å². The maximum absolute atomic E-state index is 13.0. The lowest BCUT2D eigenvalue weighted by atomic mass is 10.1. The monoisotopic (exact) mass is 541 g/mol. The van der Waals surface area contributed by atoms with Crippen molar-refractivity contribution in [3.05, 3.63) is 53.5 Å². The van der Waals surface area contributed by atoms with Crippen LogP contribution in [-0.4, -0.2) is 66.2 Å². The molecule has 13 nitrogen and oxygen atoms in total. The van der Waals surface area contributed by atoms with E-state index in [9.17, 15) is 19.2 Å². The molecular formula is C26H35N7O6. The van der Waals surface area contributed by atoms with Crippen LogP contribution in [0.4, 0.5) is 16.3 Å². The van der Waals surface area contributed by atoms with Gasteiger partial charge in [-0.15, -0.1) is 0 Å². The summed E-state index contributed by atoms with van der Waals surface area (Å²) in [5, 5.41) is 16.9. The molecule has 0 bridgehead atoms. The van der Waals surface area contributed by atoms with E-state index in [-0.39, 0.29) is 36.4 Å². The van der Waals surface area contributed by atoms with Crippen molar-refractivity contribution in [1.82, 2.24) is 24.0 Å². The fourth-order valence-corrected chi connectivity index (χ4v) is 3.84. The van der Waals surface area contributed by atoms with Crippen LogP contribution in [0.3, 0.4) is 0 Å². The van der Waals surface area contributed by atoms with E-state index >= 15 is 0 Å². The number of carbonyl (C=O) groups excluding carboxylic acids is 4. The number of aliphatic hydroxyl groups excluding tert-OH is 1. The van der Waals surface area contributed by atoms with Gasteiger partial charge in [0.15, 0.2) is 11.6 Å². The fraction of sp³-hybridized carbons (Fsp3) is 0.423. The van der Waals surface area contributed by atoms with Crippen molar-refractivity contribution in [3.8, 4) is 0 Å². The van der Waals surface area contributed by atoms with Crippen LogP contribution < -0.4 is 16.0 Å². The molecule has 0 fully saturated rings. The zero-order chi connectivity index (χ0) is 28.9. The second-order valence-electron chi connectivity index (χ2n) is 10.1. The number of imidazole rings is 1. The summed E-state index contributed by atoms with van der Waals surface area (Å²) in [7, 11) is 5.03. The third-order valence-corrected chi connectivity index (χ3v) is 5.53. The van der Waals surface area contributed by atoms with Crippen molar-refractivity contribution in [3.63, 3.8) is 0 Å². The predicted octanol–water partition coefficient (Wildman–Crippen LogP) is 2.23. The first-order valence-corrected chi connectivity index (χ1v) is 12.4. The second kappa shape index (κ2) is 12.0. The normalized spacial score (nSPS) is 11.3. The van der Waals surface area contributed by atoms with E-state index in [0.717, 1.165) is 0 Å². The number of Topliss-reactive ketones (excluding diaryl/α,β-unsaturated/α-hetero) is 1. The van der Waals surface area contributed by atoms with E-state index in [1.807, 2.05) is 0 Å². The van der Waals surface area contributed by atoms with E-state index < -0.39 is 17.6 Å². The third kappa shape index (κ3) is 7.80. The number of ketones is 1. The smallest absolute Gasteiger partial charge is 0.413 e. The molecule has 3 rings (SSSR count). The Morgan fingerprint density at radius 2 is 1.59 bits per heavy atom. The molecule has 0 atom stereocenters. The summed E-state index contributed by atoms with van der Waals surface area (Å²) in [6.45, 7) is 5.55. The van der Waals surface area contributed by atoms with Crippen molar-refractivity contribution < 1.29 is 29.0 Å². The summed E-state index contributed by atoms with van der Waals surface area (Å²) in [4.78, 5) is 54.4. The van der Waals surface area contributed by atoms with Crippen LogP contribution in [0.2, 0.25) is 0 Å². The molecule has 0 aromatic carbocycles. The lowest BCUT2D eigenvalue weighted by Crippen LogP contribution is -2.27. The van der Waals surface area contributed by atoms with E-state index in [2.05, 4.69) is 20.9 Å². The molecule has 0 spiro atoms. The summed E-state index contributed by atoms with van der Waals surface area (Å²) in [5.74, 6) is -0.690. The van der Waals surface area contributed by atoms with Crippen LogP contribution in [0.25, 0.3) is 0 Å². The van der Waals surface area contributed by atoms with Gasteiger partial charge >= 0.3 is 6.09 Å².